The molecule has 2 aromatic rings. The second-order valence-corrected chi connectivity index (χ2v) is 6.23. The monoisotopic (exact) mass is 275 g/mol. The lowest BCUT2D eigenvalue weighted by Crippen LogP contribution is -2.31. The minimum absolute atomic E-state index is 0. The van der Waals surface area contributed by atoms with Crippen LogP contribution >= 0.6 is 0 Å². The Morgan fingerprint density at radius 3 is 2.70 bits per heavy atom. The van der Waals surface area contributed by atoms with Gasteiger partial charge in [-0.1, -0.05) is 25.0 Å². The zero-order chi connectivity index (χ0) is 13.9. The van der Waals surface area contributed by atoms with Crippen LogP contribution < -0.4 is 0 Å². The summed E-state index contributed by atoms with van der Waals surface area (Å²) in [6, 6.07) is 9.05. The number of benzene rings is 1. The second-order valence-electron chi connectivity index (χ2n) is 6.23. The Labute approximate surface area is 124 Å². The molecule has 0 amide bonds. The predicted octanol–water partition coefficient (Wildman–Crippen LogP) is 3.95. The van der Waals surface area contributed by atoms with Crippen molar-refractivity contribution in [3.8, 4) is 0 Å². The molecule has 3 nitrogen and oxygen atoms in total. The van der Waals surface area contributed by atoms with E-state index >= 15 is 0 Å². The van der Waals surface area contributed by atoms with Gasteiger partial charge < -0.3 is 9.47 Å². The third-order valence-electron chi connectivity index (χ3n) is 4.92. The molecule has 2 heterocycles. The molecular weight excluding hydrogens is 246 g/mol. The molecule has 1 aliphatic heterocycles. The standard InChI is InChI=1S/C9H17N.C8H8N2.2H2/c1-10-7-6-8-4-2-3-5-9(8)10;1-10-6-9-7-4-2-3-5-8(7)10;;/h8-9H,2-7H2,1H3;2-6H,1H3;2*1H. The van der Waals surface area contributed by atoms with Crippen LogP contribution in [0.15, 0.2) is 30.6 Å². The molecular formula is C17H29N3. The maximum absolute atomic E-state index is 4.18. The van der Waals surface area contributed by atoms with Gasteiger partial charge in [0.25, 0.3) is 0 Å². The largest absolute Gasteiger partial charge is 0.334 e. The molecule has 2 unspecified atom stereocenters. The van der Waals surface area contributed by atoms with Gasteiger partial charge in [0.1, 0.15) is 0 Å². The fraction of sp³-hybridized carbons (Fsp3) is 0.588. The molecule has 2 atom stereocenters. The first-order chi connectivity index (χ1) is 9.75. The molecule has 0 N–H and O–H groups in total. The average Bonchev–Trinajstić information content (AvgIpc) is 3.05. The number of hydrogen-bond donors (Lipinski definition) is 0. The van der Waals surface area contributed by atoms with Crippen LogP contribution in [0, 0.1) is 5.92 Å². The molecule has 0 spiro atoms. The van der Waals surface area contributed by atoms with E-state index in [9.17, 15) is 0 Å². The van der Waals surface area contributed by atoms with Gasteiger partial charge >= 0.3 is 0 Å². The van der Waals surface area contributed by atoms with E-state index in [-0.39, 0.29) is 2.85 Å². The summed E-state index contributed by atoms with van der Waals surface area (Å²) in [5.41, 5.74) is 2.24. The van der Waals surface area contributed by atoms with Gasteiger partial charge in [0.15, 0.2) is 0 Å². The zero-order valence-electron chi connectivity index (χ0n) is 12.6. The van der Waals surface area contributed by atoms with E-state index in [2.05, 4.69) is 23.0 Å². The Morgan fingerprint density at radius 2 is 1.90 bits per heavy atom. The maximum atomic E-state index is 4.18. The highest BCUT2D eigenvalue weighted by Crippen LogP contribution is 2.34. The molecule has 2 aliphatic rings. The number of aryl methyl sites for hydroxylation is 1. The van der Waals surface area contributed by atoms with Crippen LogP contribution in [0.5, 0.6) is 0 Å². The SMILES string of the molecule is CN1CCC2CCCCC21.Cn1cnc2ccccc21.[HH].[HH]. The fourth-order valence-electron chi connectivity index (χ4n) is 3.72. The number of aromatic nitrogens is 2. The molecule has 4 rings (SSSR count). The van der Waals surface area contributed by atoms with Crippen LogP contribution in [0.25, 0.3) is 11.0 Å². The van der Waals surface area contributed by atoms with Gasteiger partial charge in [0.2, 0.25) is 0 Å². The summed E-state index contributed by atoms with van der Waals surface area (Å²) < 4.78 is 2.01. The predicted molar refractivity (Wildman–Crippen MR) is 87.9 cm³/mol. The van der Waals surface area contributed by atoms with Crippen LogP contribution in [-0.2, 0) is 7.05 Å². The first-order valence-corrected chi connectivity index (χ1v) is 7.82. The van der Waals surface area contributed by atoms with Crippen molar-refractivity contribution in [2.45, 2.75) is 38.1 Å². The summed E-state index contributed by atoms with van der Waals surface area (Å²) in [7, 11) is 4.28. The molecule has 1 saturated heterocycles. The van der Waals surface area contributed by atoms with Gasteiger partial charge in [0, 0.05) is 15.9 Å². The van der Waals surface area contributed by atoms with Crippen molar-refractivity contribution in [1.82, 2.24) is 14.5 Å². The van der Waals surface area contributed by atoms with Crippen molar-refractivity contribution in [2.24, 2.45) is 13.0 Å². The Kier molecular flexibility index (Phi) is 4.06. The summed E-state index contributed by atoms with van der Waals surface area (Å²) in [6.45, 7) is 1.36. The lowest BCUT2D eigenvalue weighted by atomic mass is 9.85. The molecule has 1 aromatic heterocycles. The molecule has 1 saturated carbocycles. The molecule has 1 aromatic carbocycles. The van der Waals surface area contributed by atoms with Crippen molar-refractivity contribution >= 4 is 11.0 Å². The van der Waals surface area contributed by atoms with Crippen LogP contribution in [0.4, 0.5) is 0 Å². The second kappa shape index (κ2) is 5.96. The number of para-hydroxylation sites is 2. The van der Waals surface area contributed by atoms with Gasteiger partial charge in [-0.15, -0.1) is 0 Å². The van der Waals surface area contributed by atoms with Crippen molar-refractivity contribution in [1.29, 1.82) is 0 Å². The third kappa shape index (κ3) is 2.73. The smallest absolute Gasteiger partial charge is 0.0955 e. The highest BCUT2D eigenvalue weighted by atomic mass is 15.2. The van der Waals surface area contributed by atoms with E-state index < -0.39 is 0 Å². The van der Waals surface area contributed by atoms with Gasteiger partial charge in [-0.05, 0) is 50.9 Å². The number of imidazole rings is 1. The van der Waals surface area contributed by atoms with Crippen LogP contribution in [-0.4, -0.2) is 34.1 Å². The number of nitrogens with zero attached hydrogens (tertiary/aromatic N) is 3. The normalized spacial score (nSPS) is 26.1. The van der Waals surface area contributed by atoms with Crippen LogP contribution in [0.2, 0.25) is 0 Å². The molecule has 3 heteroatoms. The minimum Gasteiger partial charge on any atom is -0.334 e. The van der Waals surface area contributed by atoms with Gasteiger partial charge in [-0.2, -0.15) is 0 Å². The number of rotatable bonds is 0. The topological polar surface area (TPSA) is 21.1 Å². The number of hydrogen-bond acceptors (Lipinski definition) is 2. The quantitative estimate of drug-likeness (QED) is 0.726. The lowest BCUT2D eigenvalue weighted by Gasteiger charge is -2.28. The molecule has 0 radical (unpaired) electrons. The summed E-state index contributed by atoms with van der Waals surface area (Å²) in [5.74, 6) is 1.07. The molecule has 112 valence electrons. The van der Waals surface area contributed by atoms with E-state index in [4.69, 9.17) is 0 Å². The highest BCUT2D eigenvalue weighted by Gasteiger charge is 2.32. The third-order valence-corrected chi connectivity index (χ3v) is 4.92. The van der Waals surface area contributed by atoms with Gasteiger partial charge in [-0.25, -0.2) is 4.98 Å². The first kappa shape index (κ1) is 13.6. The van der Waals surface area contributed by atoms with E-state index in [1.165, 1.54) is 44.2 Å². The molecule has 2 fully saturated rings. The van der Waals surface area contributed by atoms with Gasteiger partial charge in [0.05, 0.1) is 17.4 Å². The zero-order valence-corrected chi connectivity index (χ0v) is 12.6. The lowest BCUT2D eigenvalue weighted by molar-refractivity contribution is 0.215. The van der Waals surface area contributed by atoms with E-state index in [1.807, 2.05) is 36.1 Å². The Hall–Kier alpha value is -1.35. The van der Waals surface area contributed by atoms with Gasteiger partial charge in [-0.3, -0.25) is 0 Å². The first-order valence-electron chi connectivity index (χ1n) is 7.82. The summed E-state index contributed by atoms with van der Waals surface area (Å²) in [4.78, 5) is 6.74. The number of fused-ring (bicyclic) bond motifs is 2. The summed E-state index contributed by atoms with van der Waals surface area (Å²) in [5, 5.41) is 0. The summed E-state index contributed by atoms with van der Waals surface area (Å²) in [6.07, 6.45) is 9.25. The van der Waals surface area contributed by atoms with Crippen LogP contribution in [0.1, 0.15) is 35.0 Å². The number of likely N-dealkylation sites (tertiary alicyclic amines) is 1. The Balaban J connectivity index is 0.000000202. The van der Waals surface area contributed by atoms with Crippen LogP contribution in [0.3, 0.4) is 0 Å². The molecule has 20 heavy (non-hydrogen) atoms. The van der Waals surface area contributed by atoms with E-state index in [0.717, 1.165) is 17.5 Å². The molecule has 1 aliphatic carbocycles. The van der Waals surface area contributed by atoms with Crippen molar-refractivity contribution in [2.75, 3.05) is 13.6 Å². The van der Waals surface area contributed by atoms with E-state index in [1.54, 1.807) is 0 Å². The Morgan fingerprint density at radius 1 is 1.10 bits per heavy atom. The average molecular weight is 275 g/mol. The summed E-state index contributed by atoms with van der Waals surface area (Å²) >= 11 is 0. The minimum atomic E-state index is 0. The van der Waals surface area contributed by atoms with Crippen molar-refractivity contribution in [3.63, 3.8) is 0 Å². The Bertz CT molecular complexity index is 568. The highest BCUT2D eigenvalue weighted by molar-refractivity contribution is 5.74. The van der Waals surface area contributed by atoms with Crippen molar-refractivity contribution in [3.05, 3.63) is 30.6 Å². The molecule has 0 bridgehead atoms. The van der Waals surface area contributed by atoms with E-state index in [0.29, 0.717) is 0 Å². The van der Waals surface area contributed by atoms with Crippen molar-refractivity contribution < 1.29 is 2.85 Å². The maximum Gasteiger partial charge on any atom is 0.0955 e. The fourth-order valence-corrected chi connectivity index (χ4v) is 3.72.